The summed E-state index contributed by atoms with van der Waals surface area (Å²) < 4.78 is 0. The maximum absolute atomic E-state index is 8.97. The largest absolute Gasteiger partial charge is 0.392 e. The molecule has 0 aromatic carbocycles. The first-order valence-electron chi connectivity index (χ1n) is 4.07. The Morgan fingerprint density at radius 1 is 1.62 bits per heavy atom. The van der Waals surface area contributed by atoms with Crippen LogP contribution in [-0.2, 0) is 6.61 Å². The highest BCUT2D eigenvalue weighted by molar-refractivity contribution is 5.24. The van der Waals surface area contributed by atoms with Gasteiger partial charge in [-0.05, 0) is 13.0 Å². The zero-order chi connectivity index (χ0) is 9.68. The summed E-state index contributed by atoms with van der Waals surface area (Å²) in [7, 11) is 0. The van der Waals surface area contributed by atoms with E-state index in [2.05, 4.69) is 15.3 Å². The van der Waals surface area contributed by atoms with Crippen molar-refractivity contribution in [1.82, 2.24) is 9.97 Å². The number of anilines is 1. The predicted octanol–water partition coefficient (Wildman–Crippen LogP) is -0.238. The second kappa shape index (κ2) is 4.74. The molecule has 5 nitrogen and oxygen atoms in total. The van der Waals surface area contributed by atoms with Crippen LogP contribution in [0.5, 0.6) is 0 Å². The van der Waals surface area contributed by atoms with Gasteiger partial charge in [0, 0.05) is 12.7 Å². The van der Waals surface area contributed by atoms with E-state index in [9.17, 15) is 0 Å². The quantitative estimate of drug-likeness (QED) is 0.600. The van der Waals surface area contributed by atoms with Gasteiger partial charge in [0.25, 0.3) is 0 Å². The molecule has 0 unspecified atom stereocenters. The molecule has 0 aliphatic rings. The predicted molar refractivity (Wildman–Crippen MR) is 48.1 cm³/mol. The zero-order valence-electron chi connectivity index (χ0n) is 7.44. The summed E-state index contributed by atoms with van der Waals surface area (Å²) >= 11 is 0. The van der Waals surface area contributed by atoms with Gasteiger partial charge in [0.15, 0.2) is 0 Å². The lowest BCUT2D eigenvalue weighted by Crippen LogP contribution is -2.17. The average Bonchev–Trinajstić information content (AvgIpc) is 2.15. The topological polar surface area (TPSA) is 78.3 Å². The summed E-state index contributed by atoms with van der Waals surface area (Å²) in [5.41, 5.74) is 0.558. The highest BCUT2D eigenvalue weighted by atomic mass is 16.3. The summed E-state index contributed by atoms with van der Waals surface area (Å²) in [5, 5.41) is 20.6. The Bertz CT molecular complexity index is 265. The summed E-state index contributed by atoms with van der Waals surface area (Å²) in [4.78, 5) is 7.89. The van der Waals surface area contributed by atoms with Gasteiger partial charge in [-0.15, -0.1) is 0 Å². The first-order valence-corrected chi connectivity index (χ1v) is 4.07. The minimum Gasteiger partial charge on any atom is -0.392 e. The van der Waals surface area contributed by atoms with Crippen LogP contribution in [0, 0.1) is 0 Å². The van der Waals surface area contributed by atoms with Gasteiger partial charge in [0.05, 0.1) is 18.4 Å². The second-order valence-corrected chi connectivity index (χ2v) is 2.76. The molecule has 0 aliphatic heterocycles. The van der Waals surface area contributed by atoms with Crippen LogP contribution >= 0.6 is 0 Å². The molecule has 5 heteroatoms. The lowest BCUT2D eigenvalue weighted by molar-refractivity contribution is 0.208. The molecule has 72 valence electrons. The summed E-state index contributed by atoms with van der Waals surface area (Å²) in [6.45, 7) is 1.96. The van der Waals surface area contributed by atoms with Crippen LogP contribution in [0.4, 0.5) is 5.95 Å². The molecule has 13 heavy (non-hydrogen) atoms. The van der Waals surface area contributed by atoms with Crippen molar-refractivity contribution in [3.63, 3.8) is 0 Å². The first kappa shape index (κ1) is 9.88. The molecule has 1 atom stereocenters. The van der Waals surface area contributed by atoms with E-state index in [4.69, 9.17) is 10.2 Å². The van der Waals surface area contributed by atoms with Crippen LogP contribution in [0.15, 0.2) is 12.3 Å². The standard InChI is InChI=1S/C8H13N3O2/c1-6(13)4-10-8-9-3-2-7(5-12)11-8/h2-3,6,12-13H,4-5H2,1H3,(H,9,10,11)/t6-/m0/s1. The average molecular weight is 183 g/mol. The van der Waals surface area contributed by atoms with E-state index < -0.39 is 6.10 Å². The van der Waals surface area contributed by atoms with Crippen LogP contribution in [-0.4, -0.2) is 32.8 Å². The summed E-state index contributed by atoms with van der Waals surface area (Å²) in [5.74, 6) is 0.424. The normalized spacial score (nSPS) is 12.5. The fraction of sp³-hybridized carbons (Fsp3) is 0.500. The zero-order valence-corrected chi connectivity index (χ0v) is 7.44. The number of aromatic nitrogens is 2. The number of aliphatic hydroxyl groups excluding tert-OH is 2. The molecule has 1 aromatic rings. The number of nitrogens with zero attached hydrogens (tertiary/aromatic N) is 2. The van der Waals surface area contributed by atoms with Crippen LogP contribution in [0.3, 0.4) is 0 Å². The van der Waals surface area contributed by atoms with Gasteiger partial charge in [0.2, 0.25) is 5.95 Å². The molecule has 0 radical (unpaired) electrons. The molecule has 0 spiro atoms. The Kier molecular flexibility index (Phi) is 3.60. The molecule has 1 rings (SSSR count). The van der Waals surface area contributed by atoms with E-state index in [-0.39, 0.29) is 6.61 Å². The molecule has 0 saturated heterocycles. The van der Waals surface area contributed by atoms with Gasteiger partial charge in [-0.2, -0.15) is 0 Å². The molecule has 0 aliphatic carbocycles. The van der Waals surface area contributed by atoms with Gasteiger partial charge in [-0.25, -0.2) is 9.97 Å². The third kappa shape index (κ3) is 3.35. The molecular weight excluding hydrogens is 170 g/mol. The number of nitrogens with one attached hydrogen (secondary N) is 1. The Morgan fingerprint density at radius 3 is 3.00 bits per heavy atom. The van der Waals surface area contributed by atoms with Crippen molar-refractivity contribution in [3.8, 4) is 0 Å². The maximum Gasteiger partial charge on any atom is 0.223 e. The highest BCUT2D eigenvalue weighted by Crippen LogP contribution is 1.99. The fourth-order valence-corrected chi connectivity index (χ4v) is 0.808. The van der Waals surface area contributed by atoms with E-state index in [0.29, 0.717) is 18.2 Å². The number of hydrogen-bond acceptors (Lipinski definition) is 5. The molecule has 1 heterocycles. The van der Waals surface area contributed by atoms with Gasteiger partial charge in [-0.1, -0.05) is 0 Å². The van der Waals surface area contributed by atoms with Crippen molar-refractivity contribution >= 4 is 5.95 Å². The minimum absolute atomic E-state index is 0.105. The van der Waals surface area contributed by atoms with E-state index in [1.165, 1.54) is 0 Å². The molecular formula is C8H13N3O2. The molecule has 0 bridgehead atoms. The van der Waals surface area contributed by atoms with Gasteiger partial charge >= 0.3 is 0 Å². The van der Waals surface area contributed by atoms with E-state index in [1.54, 1.807) is 19.2 Å². The van der Waals surface area contributed by atoms with E-state index in [0.717, 1.165) is 0 Å². The summed E-state index contributed by atoms with van der Waals surface area (Å²) in [6.07, 6.45) is 1.12. The van der Waals surface area contributed by atoms with Gasteiger partial charge < -0.3 is 15.5 Å². The number of rotatable bonds is 4. The van der Waals surface area contributed by atoms with Crippen molar-refractivity contribution in [2.75, 3.05) is 11.9 Å². The second-order valence-electron chi connectivity index (χ2n) is 2.76. The highest BCUT2D eigenvalue weighted by Gasteiger charge is 1.99. The molecule has 0 fully saturated rings. The molecule has 0 amide bonds. The number of aliphatic hydroxyl groups is 2. The Morgan fingerprint density at radius 2 is 2.38 bits per heavy atom. The third-order valence-corrected chi connectivity index (χ3v) is 1.43. The SMILES string of the molecule is C[C@H](O)CNc1nccc(CO)n1. The van der Waals surface area contributed by atoms with Crippen molar-refractivity contribution < 1.29 is 10.2 Å². The smallest absolute Gasteiger partial charge is 0.223 e. The van der Waals surface area contributed by atoms with E-state index >= 15 is 0 Å². The van der Waals surface area contributed by atoms with Crippen molar-refractivity contribution in [2.45, 2.75) is 19.6 Å². The molecule has 0 saturated carbocycles. The third-order valence-electron chi connectivity index (χ3n) is 1.43. The van der Waals surface area contributed by atoms with Gasteiger partial charge in [-0.3, -0.25) is 0 Å². The first-order chi connectivity index (χ1) is 6.22. The van der Waals surface area contributed by atoms with Crippen LogP contribution < -0.4 is 5.32 Å². The lowest BCUT2D eigenvalue weighted by Gasteiger charge is -2.06. The van der Waals surface area contributed by atoms with Crippen molar-refractivity contribution in [1.29, 1.82) is 0 Å². The summed E-state index contributed by atoms with van der Waals surface area (Å²) in [6, 6.07) is 1.63. The monoisotopic (exact) mass is 183 g/mol. The lowest BCUT2D eigenvalue weighted by atomic mass is 10.4. The Hall–Kier alpha value is -1.20. The molecule has 3 N–H and O–H groups in total. The van der Waals surface area contributed by atoms with Gasteiger partial charge in [0.1, 0.15) is 0 Å². The van der Waals surface area contributed by atoms with Crippen LogP contribution in [0.25, 0.3) is 0 Å². The molecule has 1 aromatic heterocycles. The Labute approximate surface area is 76.5 Å². The van der Waals surface area contributed by atoms with Crippen LogP contribution in [0.1, 0.15) is 12.6 Å². The minimum atomic E-state index is -0.443. The Balaban J connectivity index is 2.56. The van der Waals surface area contributed by atoms with Crippen LogP contribution in [0.2, 0.25) is 0 Å². The van der Waals surface area contributed by atoms with Crippen molar-refractivity contribution in [3.05, 3.63) is 18.0 Å². The number of hydrogen-bond donors (Lipinski definition) is 3. The van der Waals surface area contributed by atoms with Crippen molar-refractivity contribution in [2.24, 2.45) is 0 Å². The fourth-order valence-electron chi connectivity index (χ4n) is 0.808. The van der Waals surface area contributed by atoms with E-state index in [1.807, 2.05) is 0 Å². The maximum atomic E-state index is 8.97.